The largest absolute Gasteiger partial charge is 0.297 e. The number of aromatic nitrogens is 1. The van der Waals surface area contributed by atoms with Crippen LogP contribution in [0.15, 0.2) is 18.2 Å². The number of nitrogens with zero attached hydrogens (tertiary/aromatic N) is 2. The normalized spacial score (nSPS) is 11.7. The van der Waals surface area contributed by atoms with Crippen LogP contribution >= 0.6 is 0 Å². The van der Waals surface area contributed by atoms with Gasteiger partial charge in [-0.2, -0.15) is 0 Å². The van der Waals surface area contributed by atoms with Crippen LogP contribution in [0.3, 0.4) is 0 Å². The number of nitrogens with one attached hydrogen (secondary N) is 1. The molecule has 0 aliphatic carbocycles. The first-order valence-electron chi connectivity index (χ1n) is 6.55. The summed E-state index contributed by atoms with van der Waals surface area (Å²) in [5.74, 6) is 5.07. The Kier molecular flexibility index (Phi) is 5.44. The molecule has 106 valence electrons. The molecule has 0 aromatic carbocycles. The molecule has 0 unspecified atom stereocenters. The van der Waals surface area contributed by atoms with Gasteiger partial charge in [0.05, 0.1) is 11.1 Å². The van der Waals surface area contributed by atoms with Gasteiger partial charge in [-0.1, -0.05) is 13.0 Å². The standard InChI is InChI=1S/C14H24N4O/c1-5-18(10-14(3,4)13(19)17-15)9-12-8-6-7-11(2)16-12/h6-8H,5,9-10,15H2,1-4H3,(H,17,19). The number of carbonyl (C=O) groups is 1. The summed E-state index contributed by atoms with van der Waals surface area (Å²) in [6.07, 6.45) is 0. The second-order valence-corrected chi connectivity index (χ2v) is 5.43. The van der Waals surface area contributed by atoms with E-state index in [2.05, 4.69) is 22.2 Å². The molecule has 5 nitrogen and oxygen atoms in total. The molecule has 1 rings (SSSR count). The van der Waals surface area contributed by atoms with Crippen molar-refractivity contribution in [3.63, 3.8) is 0 Å². The number of hydrazine groups is 1. The Morgan fingerprint density at radius 3 is 2.68 bits per heavy atom. The zero-order chi connectivity index (χ0) is 14.5. The Hall–Kier alpha value is -1.46. The fourth-order valence-electron chi connectivity index (χ4n) is 2.02. The number of carbonyl (C=O) groups excluding carboxylic acids is 1. The van der Waals surface area contributed by atoms with Crippen molar-refractivity contribution in [1.29, 1.82) is 0 Å². The summed E-state index contributed by atoms with van der Waals surface area (Å²) in [6, 6.07) is 5.99. The van der Waals surface area contributed by atoms with Crippen LogP contribution in [0, 0.1) is 12.3 Å². The first kappa shape index (κ1) is 15.6. The third-order valence-corrected chi connectivity index (χ3v) is 3.14. The van der Waals surface area contributed by atoms with Crippen LogP contribution in [0.5, 0.6) is 0 Å². The van der Waals surface area contributed by atoms with Gasteiger partial charge < -0.3 is 0 Å². The van der Waals surface area contributed by atoms with E-state index in [1.165, 1.54) is 0 Å². The average molecular weight is 264 g/mol. The van der Waals surface area contributed by atoms with Crippen molar-refractivity contribution < 1.29 is 4.79 Å². The molecule has 0 spiro atoms. The lowest BCUT2D eigenvalue weighted by Crippen LogP contribution is -2.47. The highest BCUT2D eigenvalue weighted by atomic mass is 16.2. The molecule has 0 radical (unpaired) electrons. The number of pyridine rings is 1. The number of nitrogens with two attached hydrogens (primary N) is 1. The van der Waals surface area contributed by atoms with Crippen molar-refractivity contribution in [2.75, 3.05) is 13.1 Å². The smallest absolute Gasteiger partial charge is 0.240 e. The highest BCUT2D eigenvalue weighted by Gasteiger charge is 2.29. The van der Waals surface area contributed by atoms with Gasteiger partial charge in [0.1, 0.15) is 0 Å². The Morgan fingerprint density at radius 1 is 1.47 bits per heavy atom. The van der Waals surface area contributed by atoms with E-state index in [0.29, 0.717) is 6.54 Å². The van der Waals surface area contributed by atoms with Crippen LogP contribution in [-0.4, -0.2) is 28.9 Å². The summed E-state index contributed by atoms with van der Waals surface area (Å²) in [6.45, 7) is 10.1. The summed E-state index contributed by atoms with van der Waals surface area (Å²) in [4.78, 5) is 18.4. The Bertz CT molecular complexity index is 431. The van der Waals surface area contributed by atoms with E-state index >= 15 is 0 Å². The summed E-state index contributed by atoms with van der Waals surface area (Å²) in [5, 5.41) is 0. The highest BCUT2D eigenvalue weighted by molar-refractivity contribution is 5.81. The maximum Gasteiger partial charge on any atom is 0.240 e. The molecule has 1 amide bonds. The van der Waals surface area contributed by atoms with E-state index in [1.807, 2.05) is 39.0 Å². The van der Waals surface area contributed by atoms with Crippen molar-refractivity contribution in [3.05, 3.63) is 29.6 Å². The number of hydrogen-bond acceptors (Lipinski definition) is 4. The summed E-state index contributed by atoms with van der Waals surface area (Å²) < 4.78 is 0. The van der Waals surface area contributed by atoms with Gasteiger partial charge in [0.25, 0.3) is 0 Å². The minimum absolute atomic E-state index is 0.150. The van der Waals surface area contributed by atoms with Gasteiger partial charge >= 0.3 is 0 Å². The van der Waals surface area contributed by atoms with Crippen LogP contribution < -0.4 is 11.3 Å². The fourth-order valence-corrected chi connectivity index (χ4v) is 2.02. The van der Waals surface area contributed by atoms with Crippen LogP contribution in [0.4, 0.5) is 0 Å². The first-order valence-corrected chi connectivity index (χ1v) is 6.55. The van der Waals surface area contributed by atoms with Gasteiger partial charge in [-0.05, 0) is 39.4 Å². The third kappa shape index (κ3) is 4.61. The van der Waals surface area contributed by atoms with E-state index in [-0.39, 0.29) is 5.91 Å². The third-order valence-electron chi connectivity index (χ3n) is 3.14. The maximum absolute atomic E-state index is 11.7. The molecule has 19 heavy (non-hydrogen) atoms. The molecule has 0 atom stereocenters. The minimum Gasteiger partial charge on any atom is -0.297 e. The second kappa shape index (κ2) is 6.63. The molecule has 0 aliphatic heterocycles. The van der Waals surface area contributed by atoms with Crippen LogP contribution in [0.2, 0.25) is 0 Å². The number of hydrogen-bond donors (Lipinski definition) is 2. The molecule has 5 heteroatoms. The average Bonchev–Trinajstić information content (AvgIpc) is 2.36. The molecular formula is C14H24N4O. The minimum atomic E-state index is -0.519. The van der Waals surface area contributed by atoms with Crippen molar-refractivity contribution in [2.24, 2.45) is 11.3 Å². The number of rotatable bonds is 6. The van der Waals surface area contributed by atoms with E-state index < -0.39 is 5.41 Å². The Morgan fingerprint density at radius 2 is 2.16 bits per heavy atom. The molecule has 0 saturated heterocycles. The van der Waals surface area contributed by atoms with E-state index in [9.17, 15) is 4.79 Å². The lowest BCUT2D eigenvalue weighted by atomic mass is 9.91. The van der Waals surface area contributed by atoms with Crippen LogP contribution in [-0.2, 0) is 11.3 Å². The van der Waals surface area contributed by atoms with Gasteiger partial charge in [0, 0.05) is 18.8 Å². The summed E-state index contributed by atoms with van der Waals surface area (Å²) >= 11 is 0. The maximum atomic E-state index is 11.7. The molecule has 0 aliphatic rings. The number of aryl methyl sites for hydroxylation is 1. The Labute approximate surface area is 115 Å². The van der Waals surface area contributed by atoms with Crippen LogP contribution in [0.25, 0.3) is 0 Å². The molecule has 3 N–H and O–H groups in total. The van der Waals surface area contributed by atoms with Crippen molar-refractivity contribution in [1.82, 2.24) is 15.3 Å². The molecule has 0 saturated carbocycles. The van der Waals surface area contributed by atoms with E-state index in [1.54, 1.807) is 0 Å². The van der Waals surface area contributed by atoms with E-state index in [4.69, 9.17) is 5.84 Å². The fraction of sp³-hybridized carbons (Fsp3) is 0.571. The quantitative estimate of drug-likeness (QED) is 0.460. The lowest BCUT2D eigenvalue weighted by molar-refractivity contribution is -0.130. The molecule has 1 aromatic heterocycles. The molecule has 1 heterocycles. The SMILES string of the molecule is CCN(Cc1cccc(C)n1)CC(C)(C)C(=O)NN. The second-order valence-electron chi connectivity index (χ2n) is 5.43. The van der Waals surface area contributed by atoms with Gasteiger partial charge in [0.15, 0.2) is 0 Å². The molecule has 0 fully saturated rings. The van der Waals surface area contributed by atoms with E-state index in [0.717, 1.165) is 24.5 Å². The predicted octanol–water partition coefficient (Wildman–Crippen LogP) is 1.23. The van der Waals surface area contributed by atoms with Crippen molar-refractivity contribution in [3.8, 4) is 0 Å². The lowest BCUT2D eigenvalue weighted by Gasteiger charge is -2.30. The van der Waals surface area contributed by atoms with Gasteiger partial charge in [0.2, 0.25) is 5.91 Å². The molecular weight excluding hydrogens is 240 g/mol. The molecule has 1 aromatic rings. The predicted molar refractivity (Wildman–Crippen MR) is 76.0 cm³/mol. The highest BCUT2D eigenvalue weighted by Crippen LogP contribution is 2.18. The zero-order valence-electron chi connectivity index (χ0n) is 12.2. The monoisotopic (exact) mass is 264 g/mol. The van der Waals surface area contributed by atoms with Crippen molar-refractivity contribution >= 4 is 5.91 Å². The summed E-state index contributed by atoms with van der Waals surface area (Å²) in [5.41, 5.74) is 3.73. The summed E-state index contributed by atoms with van der Waals surface area (Å²) in [7, 11) is 0. The van der Waals surface area contributed by atoms with Gasteiger partial charge in [-0.25, -0.2) is 5.84 Å². The van der Waals surface area contributed by atoms with Gasteiger partial charge in [-0.15, -0.1) is 0 Å². The van der Waals surface area contributed by atoms with Crippen LogP contribution in [0.1, 0.15) is 32.2 Å². The topological polar surface area (TPSA) is 71.2 Å². The molecule has 0 bridgehead atoms. The Balaban J connectivity index is 2.71. The van der Waals surface area contributed by atoms with Gasteiger partial charge in [-0.3, -0.25) is 20.1 Å². The zero-order valence-corrected chi connectivity index (χ0v) is 12.2. The van der Waals surface area contributed by atoms with Crippen molar-refractivity contribution in [2.45, 2.75) is 34.2 Å². The number of amides is 1. The first-order chi connectivity index (χ1) is 8.89.